The maximum Gasteiger partial charge on any atom is 0.142 e. The molecule has 7 nitrogen and oxygen atoms in total. The van der Waals surface area contributed by atoms with E-state index < -0.39 is 0 Å². The van der Waals surface area contributed by atoms with Crippen LogP contribution < -0.4 is 19.9 Å². The Morgan fingerprint density at radius 2 is 1.93 bits per heavy atom. The van der Waals surface area contributed by atoms with Gasteiger partial charge in [-0.1, -0.05) is 12.1 Å². The van der Waals surface area contributed by atoms with Crippen molar-refractivity contribution in [3.05, 3.63) is 36.7 Å². The van der Waals surface area contributed by atoms with Crippen molar-refractivity contribution < 1.29 is 9.84 Å². The lowest BCUT2D eigenvalue weighted by Gasteiger charge is -2.35. The van der Waals surface area contributed by atoms with Crippen LogP contribution in [0.1, 0.15) is 25.7 Å². The summed E-state index contributed by atoms with van der Waals surface area (Å²) in [6.07, 6.45) is 5.93. The zero-order chi connectivity index (χ0) is 20.1. The number of piperidine rings is 2. The number of hydrogen-bond acceptors (Lipinski definition) is 7. The van der Waals surface area contributed by atoms with Crippen molar-refractivity contribution in [2.75, 3.05) is 55.0 Å². The Kier molecular flexibility index (Phi) is 6.34. The summed E-state index contributed by atoms with van der Waals surface area (Å²) < 4.78 is 5.51. The smallest absolute Gasteiger partial charge is 0.142 e. The van der Waals surface area contributed by atoms with Crippen LogP contribution in [0.4, 0.5) is 17.3 Å². The number of anilines is 3. The molecule has 7 heteroatoms. The highest BCUT2D eigenvalue weighted by Gasteiger charge is 2.23. The zero-order valence-electron chi connectivity index (χ0n) is 17.1. The van der Waals surface area contributed by atoms with Gasteiger partial charge in [0.2, 0.25) is 0 Å². The van der Waals surface area contributed by atoms with E-state index in [0.29, 0.717) is 12.0 Å². The van der Waals surface area contributed by atoms with Crippen LogP contribution in [0.3, 0.4) is 0 Å². The first-order valence-electron chi connectivity index (χ1n) is 10.6. The topological polar surface area (TPSA) is 73.8 Å². The van der Waals surface area contributed by atoms with Crippen molar-refractivity contribution in [1.29, 1.82) is 0 Å². The summed E-state index contributed by atoms with van der Waals surface area (Å²) in [5.74, 6) is 3.11. The van der Waals surface area contributed by atoms with Gasteiger partial charge in [0, 0.05) is 44.9 Å². The fraction of sp³-hybridized carbons (Fsp3) is 0.545. The molecule has 3 heterocycles. The lowest BCUT2D eigenvalue weighted by atomic mass is 9.99. The molecule has 0 amide bonds. The minimum atomic E-state index is 0.247. The largest absolute Gasteiger partial charge is 0.495 e. The van der Waals surface area contributed by atoms with Crippen molar-refractivity contribution in [3.8, 4) is 5.75 Å². The SMILES string of the molecule is COc1ccccc1N1CCC(Nc2cc(N3CCCC(CO)C3)ncn2)CC1. The monoisotopic (exact) mass is 397 g/mol. The van der Waals surface area contributed by atoms with Crippen molar-refractivity contribution in [2.24, 2.45) is 5.92 Å². The molecule has 1 atom stereocenters. The first kappa shape index (κ1) is 19.8. The third-order valence-corrected chi connectivity index (χ3v) is 6.03. The van der Waals surface area contributed by atoms with Crippen LogP contribution in [-0.2, 0) is 0 Å². The Bertz CT molecular complexity index is 794. The second-order valence-electron chi connectivity index (χ2n) is 7.98. The van der Waals surface area contributed by atoms with E-state index in [9.17, 15) is 5.11 Å². The van der Waals surface area contributed by atoms with Gasteiger partial charge >= 0.3 is 0 Å². The number of ether oxygens (including phenoxy) is 1. The van der Waals surface area contributed by atoms with Gasteiger partial charge in [0.05, 0.1) is 12.8 Å². The molecule has 29 heavy (non-hydrogen) atoms. The molecule has 2 N–H and O–H groups in total. The summed E-state index contributed by atoms with van der Waals surface area (Å²) in [6, 6.07) is 10.7. The highest BCUT2D eigenvalue weighted by Crippen LogP contribution is 2.30. The van der Waals surface area contributed by atoms with Gasteiger partial charge in [-0.3, -0.25) is 0 Å². The first-order chi connectivity index (χ1) is 14.3. The number of nitrogens with one attached hydrogen (secondary N) is 1. The Labute approximate surface area is 172 Å². The number of nitrogens with zero attached hydrogens (tertiary/aromatic N) is 4. The van der Waals surface area contributed by atoms with Crippen molar-refractivity contribution in [1.82, 2.24) is 9.97 Å². The van der Waals surface area contributed by atoms with E-state index in [-0.39, 0.29) is 6.61 Å². The molecular weight excluding hydrogens is 366 g/mol. The average molecular weight is 398 g/mol. The van der Waals surface area contributed by atoms with Crippen molar-refractivity contribution in [3.63, 3.8) is 0 Å². The minimum Gasteiger partial charge on any atom is -0.495 e. The van der Waals surface area contributed by atoms with Crippen molar-refractivity contribution >= 4 is 17.3 Å². The van der Waals surface area contributed by atoms with Crippen LogP contribution in [-0.4, -0.2) is 61.0 Å². The molecule has 1 aromatic carbocycles. The molecule has 0 bridgehead atoms. The number of para-hydroxylation sites is 2. The number of rotatable bonds is 6. The molecule has 2 aliphatic heterocycles. The van der Waals surface area contributed by atoms with E-state index in [1.54, 1.807) is 13.4 Å². The number of benzene rings is 1. The molecule has 2 aromatic rings. The predicted molar refractivity (Wildman–Crippen MR) is 116 cm³/mol. The first-order valence-corrected chi connectivity index (χ1v) is 10.6. The molecule has 2 aliphatic rings. The second kappa shape index (κ2) is 9.31. The van der Waals surface area contributed by atoms with E-state index in [0.717, 1.165) is 69.2 Å². The lowest BCUT2D eigenvalue weighted by Crippen LogP contribution is -2.39. The normalized spacial score (nSPS) is 20.6. The van der Waals surface area contributed by atoms with E-state index >= 15 is 0 Å². The summed E-state index contributed by atoms with van der Waals surface area (Å²) in [6.45, 7) is 4.08. The van der Waals surface area contributed by atoms with E-state index in [1.165, 1.54) is 5.69 Å². The fourth-order valence-electron chi connectivity index (χ4n) is 4.39. The maximum absolute atomic E-state index is 9.48. The van der Waals surface area contributed by atoms with Gasteiger partial charge < -0.3 is 25.0 Å². The third kappa shape index (κ3) is 4.72. The number of hydrogen-bond donors (Lipinski definition) is 2. The summed E-state index contributed by atoms with van der Waals surface area (Å²) in [5.41, 5.74) is 1.17. The number of aromatic nitrogens is 2. The van der Waals surface area contributed by atoms with E-state index in [1.807, 2.05) is 18.2 Å². The van der Waals surface area contributed by atoms with Gasteiger partial charge in [0.15, 0.2) is 0 Å². The highest BCUT2D eigenvalue weighted by molar-refractivity contribution is 5.59. The summed E-state index contributed by atoms with van der Waals surface area (Å²) in [5, 5.41) is 13.1. The Morgan fingerprint density at radius 1 is 1.10 bits per heavy atom. The van der Waals surface area contributed by atoms with Crippen LogP contribution in [0.15, 0.2) is 36.7 Å². The summed E-state index contributed by atoms with van der Waals surface area (Å²) >= 11 is 0. The lowest BCUT2D eigenvalue weighted by molar-refractivity contribution is 0.208. The third-order valence-electron chi connectivity index (χ3n) is 6.03. The average Bonchev–Trinajstić information content (AvgIpc) is 2.80. The Balaban J connectivity index is 1.35. The molecule has 0 saturated carbocycles. The van der Waals surface area contributed by atoms with Crippen LogP contribution >= 0.6 is 0 Å². The maximum atomic E-state index is 9.48. The predicted octanol–water partition coefficient (Wildman–Crippen LogP) is 2.77. The molecular formula is C22H31N5O2. The molecule has 156 valence electrons. The van der Waals surface area contributed by atoms with Crippen LogP contribution in [0.2, 0.25) is 0 Å². The molecule has 1 unspecified atom stereocenters. The molecule has 2 fully saturated rings. The standard InChI is InChI=1S/C22H31N5O2/c1-29-20-7-3-2-6-19(20)26-11-8-18(9-12-26)25-21-13-22(24-16-23-21)27-10-4-5-17(14-27)15-28/h2-3,6-7,13,16-18,28H,4-5,8-12,14-15H2,1H3,(H,23,24,25). The molecule has 0 radical (unpaired) electrons. The molecule has 1 aromatic heterocycles. The van der Waals surface area contributed by atoms with Gasteiger partial charge in [-0.15, -0.1) is 0 Å². The molecule has 2 saturated heterocycles. The fourth-order valence-corrected chi connectivity index (χ4v) is 4.39. The van der Waals surface area contributed by atoms with E-state index in [4.69, 9.17) is 4.74 Å². The number of methoxy groups -OCH3 is 1. The van der Waals surface area contributed by atoms with Gasteiger partial charge in [-0.2, -0.15) is 0 Å². The quantitative estimate of drug-likeness (QED) is 0.776. The van der Waals surface area contributed by atoms with Gasteiger partial charge in [0.1, 0.15) is 23.7 Å². The number of aliphatic hydroxyl groups excluding tert-OH is 1. The Hall–Kier alpha value is -2.54. The second-order valence-corrected chi connectivity index (χ2v) is 7.98. The summed E-state index contributed by atoms with van der Waals surface area (Å²) in [7, 11) is 1.73. The van der Waals surface area contributed by atoms with Crippen LogP contribution in [0, 0.1) is 5.92 Å². The summed E-state index contributed by atoms with van der Waals surface area (Å²) in [4.78, 5) is 13.6. The van der Waals surface area contributed by atoms with Gasteiger partial charge in [-0.05, 0) is 43.7 Å². The molecule has 0 spiro atoms. The van der Waals surface area contributed by atoms with Crippen molar-refractivity contribution in [2.45, 2.75) is 31.7 Å². The van der Waals surface area contributed by atoms with Gasteiger partial charge in [0.25, 0.3) is 0 Å². The molecule has 0 aliphatic carbocycles. The van der Waals surface area contributed by atoms with Gasteiger partial charge in [-0.25, -0.2) is 9.97 Å². The van der Waals surface area contributed by atoms with E-state index in [2.05, 4.69) is 37.2 Å². The minimum absolute atomic E-state index is 0.247. The van der Waals surface area contributed by atoms with Crippen LogP contribution in [0.5, 0.6) is 5.75 Å². The molecule has 4 rings (SSSR count). The Morgan fingerprint density at radius 3 is 2.72 bits per heavy atom. The zero-order valence-corrected chi connectivity index (χ0v) is 17.1. The highest BCUT2D eigenvalue weighted by atomic mass is 16.5. The van der Waals surface area contributed by atoms with Crippen LogP contribution in [0.25, 0.3) is 0 Å². The number of aliphatic hydroxyl groups is 1.